The Hall–Kier alpha value is -2.95. The van der Waals surface area contributed by atoms with Crippen LogP contribution in [0.4, 0.5) is 0 Å². The van der Waals surface area contributed by atoms with Crippen molar-refractivity contribution in [3.8, 4) is 5.69 Å². The number of aryl methyl sites for hydroxylation is 2. The first kappa shape index (κ1) is 15.9. The lowest BCUT2D eigenvalue weighted by Gasteiger charge is -2.18. The van der Waals surface area contributed by atoms with Crippen molar-refractivity contribution in [2.75, 3.05) is 0 Å². The van der Waals surface area contributed by atoms with Crippen LogP contribution in [0.1, 0.15) is 29.8 Å². The van der Waals surface area contributed by atoms with Crippen LogP contribution in [0.15, 0.2) is 47.3 Å². The summed E-state index contributed by atoms with van der Waals surface area (Å²) in [5, 5.41) is 0.512. The molecule has 3 rings (SSSR count). The fraction of sp³-hybridized carbons (Fsp3) is 0.211. The molecule has 1 heterocycles. The Labute approximate surface area is 139 Å². The Bertz CT molecular complexity index is 1010. The molecule has 0 radical (unpaired) electrons. The highest BCUT2D eigenvalue weighted by Crippen LogP contribution is 2.22. The molecule has 1 amide bonds. The number of nitrogens with zero attached hydrogens (tertiary/aromatic N) is 2. The number of carbonyl (C=O) groups excluding carboxylic acids is 1. The van der Waals surface area contributed by atoms with E-state index in [0.717, 1.165) is 11.1 Å². The van der Waals surface area contributed by atoms with Gasteiger partial charge in [-0.05, 0) is 44.5 Å². The summed E-state index contributed by atoms with van der Waals surface area (Å²) in [7, 11) is 0. The van der Waals surface area contributed by atoms with E-state index in [9.17, 15) is 9.59 Å². The zero-order valence-corrected chi connectivity index (χ0v) is 13.9. The summed E-state index contributed by atoms with van der Waals surface area (Å²) >= 11 is 0. The molecular weight excluding hydrogens is 302 g/mol. The minimum Gasteiger partial charge on any atom is -0.369 e. The van der Waals surface area contributed by atoms with Crippen LogP contribution in [-0.2, 0) is 4.79 Å². The predicted molar refractivity (Wildman–Crippen MR) is 94.4 cm³/mol. The van der Waals surface area contributed by atoms with Gasteiger partial charge in [-0.2, -0.15) is 0 Å². The average molecular weight is 321 g/mol. The molecule has 0 saturated heterocycles. The third-order valence-corrected chi connectivity index (χ3v) is 4.21. The van der Waals surface area contributed by atoms with Gasteiger partial charge in [-0.15, -0.1) is 0 Å². The van der Waals surface area contributed by atoms with Crippen molar-refractivity contribution in [3.63, 3.8) is 0 Å². The number of para-hydroxylation sites is 1. The number of aromatic nitrogens is 2. The number of hydrogen-bond acceptors (Lipinski definition) is 3. The third-order valence-electron chi connectivity index (χ3n) is 4.21. The standard InChI is InChI=1S/C19H19N3O2/c1-11-8-9-16(12(2)10-11)22-18(13(3)17(20)23)21-15-7-5-4-6-14(15)19(22)24/h4-10,13H,1-3H3,(H2,20,23). The summed E-state index contributed by atoms with van der Waals surface area (Å²) < 4.78 is 1.51. The number of amides is 1. The molecular formula is C19H19N3O2. The topological polar surface area (TPSA) is 78.0 Å². The molecule has 1 aromatic heterocycles. The van der Waals surface area contributed by atoms with Gasteiger partial charge in [0.05, 0.1) is 22.5 Å². The summed E-state index contributed by atoms with van der Waals surface area (Å²) in [6.45, 7) is 5.59. The fourth-order valence-corrected chi connectivity index (χ4v) is 2.86. The zero-order chi connectivity index (χ0) is 17.4. The van der Waals surface area contributed by atoms with Gasteiger partial charge < -0.3 is 5.73 Å². The highest BCUT2D eigenvalue weighted by atomic mass is 16.1. The number of benzene rings is 2. The summed E-state index contributed by atoms with van der Waals surface area (Å²) in [4.78, 5) is 29.4. The van der Waals surface area contributed by atoms with Crippen molar-refractivity contribution < 1.29 is 4.79 Å². The first-order valence-corrected chi connectivity index (χ1v) is 7.79. The Balaban J connectivity index is 2.44. The fourth-order valence-electron chi connectivity index (χ4n) is 2.86. The first-order chi connectivity index (χ1) is 11.4. The largest absolute Gasteiger partial charge is 0.369 e. The summed E-state index contributed by atoms with van der Waals surface area (Å²) in [5.74, 6) is -0.836. The Morgan fingerprint density at radius 1 is 1.17 bits per heavy atom. The quantitative estimate of drug-likeness (QED) is 0.805. The molecule has 2 aromatic carbocycles. The molecule has 2 N–H and O–H groups in total. The smallest absolute Gasteiger partial charge is 0.265 e. The van der Waals surface area contributed by atoms with Crippen molar-refractivity contribution in [1.82, 2.24) is 9.55 Å². The zero-order valence-electron chi connectivity index (χ0n) is 13.9. The molecule has 5 nitrogen and oxygen atoms in total. The summed E-state index contributed by atoms with van der Waals surface area (Å²) in [6.07, 6.45) is 0. The number of rotatable bonds is 3. The number of primary amides is 1. The van der Waals surface area contributed by atoms with Crippen LogP contribution < -0.4 is 11.3 Å². The first-order valence-electron chi connectivity index (χ1n) is 7.79. The minimum absolute atomic E-state index is 0.198. The van der Waals surface area contributed by atoms with Gasteiger partial charge in [0.1, 0.15) is 5.82 Å². The van der Waals surface area contributed by atoms with E-state index in [4.69, 9.17) is 5.73 Å². The number of fused-ring (bicyclic) bond motifs is 1. The van der Waals surface area contributed by atoms with E-state index in [1.54, 1.807) is 25.1 Å². The average Bonchev–Trinajstić information content (AvgIpc) is 2.55. The SMILES string of the molecule is Cc1ccc(-n2c(C(C)C(N)=O)nc3ccccc3c2=O)c(C)c1. The molecule has 0 spiro atoms. The second kappa shape index (κ2) is 5.92. The van der Waals surface area contributed by atoms with Gasteiger partial charge in [0.25, 0.3) is 5.56 Å². The van der Waals surface area contributed by atoms with Gasteiger partial charge in [-0.25, -0.2) is 4.98 Å². The van der Waals surface area contributed by atoms with Crippen molar-refractivity contribution >= 4 is 16.8 Å². The highest BCUT2D eigenvalue weighted by Gasteiger charge is 2.22. The molecule has 0 fully saturated rings. The molecule has 122 valence electrons. The molecule has 5 heteroatoms. The number of hydrogen-bond donors (Lipinski definition) is 1. The maximum atomic E-state index is 13.1. The lowest BCUT2D eigenvalue weighted by Crippen LogP contribution is -2.30. The van der Waals surface area contributed by atoms with Crippen LogP contribution in [0.3, 0.4) is 0 Å². The van der Waals surface area contributed by atoms with E-state index >= 15 is 0 Å². The third kappa shape index (κ3) is 2.58. The Morgan fingerprint density at radius 2 is 1.88 bits per heavy atom. The maximum Gasteiger partial charge on any atom is 0.265 e. The lowest BCUT2D eigenvalue weighted by molar-refractivity contribution is -0.119. The van der Waals surface area contributed by atoms with E-state index in [1.165, 1.54) is 4.57 Å². The lowest BCUT2D eigenvalue weighted by atomic mass is 10.1. The van der Waals surface area contributed by atoms with E-state index in [-0.39, 0.29) is 5.56 Å². The molecule has 0 saturated carbocycles. The van der Waals surface area contributed by atoms with Gasteiger partial charge in [-0.3, -0.25) is 14.2 Å². The van der Waals surface area contributed by atoms with E-state index < -0.39 is 11.8 Å². The highest BCUT2D eigenvalue weighted by molar-refractivity contribution is 5.83. The van der Waals surface area contributed by atoms with E-state index in [2.05, 4.69) is 4.98 Å². The van der Waals surface area contributed by atoms with Crippen LogP contribution in [-0.4, -0.2) is 15.5 Å². The number of carbonyl (C=O) groups is 1. The van der Waals surface area contributed by atoms with Crippen LogP contribution in [0.2, 0.25) is 0 Å². The van der Waals surface area contributed by atoms with Gasteiger partial charge in [-0.1, -0.05) is 29.8 Å². The second-order valence-corrected chi connectivity index (χ2v) is 6.04. The van der Waals surface area contributed by atoms with Crippen LogP contribution in [0.5, 0.6) is 0 Å². The molecule has 0 bridgehead atoms. The Kier molecular flexibility index (Phi) is 3.93. The van der Waals surface area contributed by atoms with Gasteiger partial charge in [0, 0.05) is 0 Å². The molecule has 0 aliphatic rings. The maximum absolute atomic E-state index is 13.1. The van der Waals surface area contributed by atoms with Crippen molar-refractivity contribution in [1.29, 1.82) is 0 Å². The Morgan fingerprint density at radius 3 is 2.54 bits per heavy atom. The van der Waals surface area contributed by atoms with Crippen molar-refractivity contribution in [3.05, 3.63) is 69.8 Å². The van der Waals surface area contributed by atoms with Crippen molar-refractivity contribution in [2.24, 2.45) is 5.73 Å². The van der Waals surface area contributed by atoms with Crippen molar-refractivity contribution in [2.45, 2.75) is 26.7 Å². The van der Waals surface area contributed by atoms with Crippen LogP contribution in [0, 0.1) is 13.8 Å². The van der Waals surface area contributed by atoms with Gasteiger partial charge in [0.2, 0.25) is 5.91 Å². The van der Waals surface area contributed by atoms with Crippen LogP contribution >= 0.6 is 0 Å². The monoisotopic (exact) mass is 321 g/mol. The molecule has 0 aliphatic heterocycles. The van der Waals surface area contributed by atoms with Gasteiger partial charge >= 0.3 is 0 Å². The summed E-state index contributed by atoms with van der Waals surface area (Å²) in [5.41, 5.74) is 8.59. The molecule has 24 heavy (non-hydrogen) atoms. The normalized spacial score (nSPS) is 12.3. The molecule has 1 atom stereocenters. The number of nitrogens with two attached hydrogens (primary N) is 1. The molecule has 0 aliphatic carbocycles. The molecule has 3 aromatic rings. The molecule has 1 unspecified atom stereocenters. The summed E-state index contributed by atoms with van der Waals surface area (Å²) in [6, 6.07) is 12.9. The minimum atomic E-state index is -0.678. The predicted octanol–water partition coefficient (Wildman–Crippen LogP) is 2.59. The van der Waals surface area contributed by atoms with E-state index in [0.29, 0.717) is 22.4 Å². The van der Waals surface area contributed by atoms with E-state index in [1.807, 2.05) is 38.1 Å². The van der Waals surface area contributed by atoms with Gasteiger partial charge in [0.15, 0.2) is 0 Å². The van der Waals surface area contributed by atoms with Crippen LogP contribution in [0.25, 0.3) is 16.6 Å². The second-order valence-electron chi connectivity index (χ2n) is 6.04.